The van der Waals surface area contributed by atoms with E-state index in [9.17, 15) is 40.5 Å². The Hall–Kier alpha value is -9.44. The summed E-state index contributed by atoms with van der Waals surface area (Å²) < 4.78 is 27.1. The number of fused-ring (bicyclic) bond motifs is 8. The minimum atomic E-state index is -0.450. The molecule has 1 aliphatic rings. The zero-order valence-corrected chi connectivity index (χ0v) is 38.5. The number of nitro groups is 4. The van der Waals surface area contributed by atoms with Crippen LogP contribution in [0.2, 0.25) is 0 Å². The molecule has 8 aromatic carbocycles. The fourth-order valence-corrected chi connectivity index (χ4v) is 8.71. The van der Waals surface area contributed by atoms with Gasteiger partial charge in [-0.2, -0.15) is 0 Å². The summed E-state index contributed by atoms with van der Waals surface area (Å²) in [5.41, 5.74) is 9.39. The summed E-state index contributed by atoms with van der Waals surface area (Å²) in [7, 11) is 0. The van der Waals surface area contributed by atoms with Crippen molar-refractivity contribution in [2.75, 3.05) is 0 Å². The second-order valence-electron chi connectivity index (χ2n) is 17.2. The standard InChI is InChI=1S/C56H44N4O12/c61-57(62)49-21-13-37(14-22-49)33-69-53-41-5-1-6-42(53)30-44-8-3-10-46(55(44)71-35-39-17-25-51(26-18-39)59(65)66)32-48-12-4-11-47(56(48)72-36-40-19-27-52(28-20-40)60(67)68)31-45-9-2-7-43(29-41)54(45)70-34-38-15-23-50(24-16-38)58(63)64/h1-28H,29-36H2. The lowest BCUT2D eigenvalue weighted by molar-refractivity contribution is -0.385. The van der Waals surface area contributed by atoms with Gasteiger partial charge in [-0.25, -0.2) is 0 Å². The van der Waals surface area contributed by atoms with Crippen LogP contribution in [-0.2, 0) is 52.1 Å². The van der Waals surface area contributed by atoms with Crippen LogP contribution in [-0.4, -0.2) is 19.7 Å². The zero-order valence-electron chi connectivity index (χ0n) is 38.5. The molecule has 0 saturated heterocycles. The SMILES string of the molecule is O=[N+]([O-])c1ccc(COc2c3cccc2Cc2cccc(c2OCc2ccc([N+](=O)[O-])cc2)Cc2cccc(c2OCc2ccc([N+](=O)[O-])cc2)Cc2cccc(c2OCc2ccc([N+](=O)[O-])cc2)C3)cc1. The number of para-hydroxylation sites is 4. The van der Waals surface area contributed by atoms with Gasteiger partial charge in [0, 0.05) is 74.2 Å². The Balaban J connectivity index is 1.17. The molecule has 0 heterocycles. The van der Waals surface area contributed by atoms with Gasteiger partial charge >= 0.3 is 0 Å². The molecule has 0 amide bonds. The van der Waals surface area contributed by atoms with Crippen LogP contribution in [0.5, 0.6) is 23.0 Å². The van der Waals surface area contributed by atoms with E-state index in [0.29, 0.717) is 48.7 Å². The first-order valence-corrected chi connectivity index (χ1v) is 22.8. The van der Waals surface area contributed by atoms with Gasteiger partial charge in [0.25, 0.3) is 22.7 Å². The maximum absolute atomic E-state index is 11.5. The molecule has 16 nitrogen and oxygen atoms in total. The lowest BCUT2D eigenvalue weighted by atomic mass is 9.91. The summed E-state index contributed by atoms with van der Waals surface area (Å²) in [5, 5.41) is 45.9. The van der Waals surface area contributed by atoms with Crippen LogP contribution >= 0.6 is 0 Å². The molecule has 0 aliphatic heterocycles. The van der Waals surface area contributed by atoms with Crippen LogP contribution < -0.4 is 18.9 Å². The average molecular weight is 965 g/mol. The Bertz CT molecular complexity index is 2780. The lowest BCUT2D eigenvalue weighted by Crippen LogP contribution is -2.09. The van der Waals surface area contributed by atoms with Crippen LogP contribution in [0.3, 0.4) is 0 Å². The van der Waals surface area contributed by atoms with Crippen LogP contribution in [0.1, 0.15) is 66.8 Å². The van der Waals surface area contributed by atoms with E-state index in [1.807, 2.05) is 72.8 Å². The Kier molecular flexibility index (Phi) is 14.2. The number of non-ortho nitro benzene ring substituents is 4. The molecule has 8 bridgehead atoms. The van der Waals surface area contributed by atoms with Gasteiger partial charge in [0.15, 0.2) is 0 Å². The minimum absolute atomic E-state index is 0.0374. The maximum atomic E-state index is 11.5. The van der Waals surface area contributed by atoms with Crippen molar-refractivity contribution in [1.82, 2.24) is 0 Å². The third kappa shape index (κ3) is 11.2. The summed E-state index contributed by atoms with van der Waals surface area (Å²) in [4.78, 5) is 44.1. The van der Waals surface area contributed by atoms with Crippen molar-refractivity contribution in [2.45, 2.75) is 52.1 Å². The highest BCUT2D eigenvalue weighted by Gasteiger charge is 2.23. The molecule has 16 heteroatoms. The Labute approximate surface area is 412 Å². The first-order chi connectivity index (χ1) is 34.9. The van der Waals surface area contributed by atoms with E-state index in [2.05, 4.69) is 0 Å². The zero-order chi connectivity index (χ0) is 50.1. The highest BCUT2D eigenvalue weighted by Crippen LogP contribution is 2.40. The van der Waals surface area contributed by atoms with Crippen LogP contribution in [0, 0.1) is 40.5 Å². The first-order valence-electron chi connectivity index (χ1n) is 22.8. The summed E-state index contributed by atoms with van der Waals surface area (Å²) in [5.74, 6) is 2.42. The first kappa shape index (κ1) is 47.6. The predicted octanol–water partition coefficient (Wildman–Crippen LogP) is 12.3. The van der Waals surface area contributed by atoms with Gasteiger partial charge in [0.1, 0.15) is 49.4 Å². The predicted molar refractivity (Wildman–Crippen MR) is 267 cm³/mol. The summed E-state index contributed by atoms with van der Waals surface area (Å²) >= 11 is 0. The average Bonchev–Trinajstić information content (AvgIpc) is 3.38. The molecule has 9 rings (SSSR count). The number of nitro benzene ring substituents is 4. The van der Waals surface area contributed by atoms with E-state index in [1.165, 1.54) is 48.5 Å². The van der Waals surface area contributed by atoms with Crippen molar-refractivity contribution >= 4 is 22.7 Å². The molecule has 0 N–H and O–H groups in total. The number of hydrogen-bond donors (Lipinski definition) is 0. The van der Waals surface area contributed by atoms with E-state index in [4.69, 9.17) is 18.9 Å². The van der Waals surface area contributed by atoms with Crippen molar-refractivity contribution in [3.8, 4) is 23.0 Å². The molecule has 0 saturated carbocycles. The molecule has 72 heavy (non-hydrogen) atoms. The number of rotatable bonds is 16. The van der Waals surface area contributed by atoms with Gasteiger partial charge in [0.05, 0.1) is 19.7 Å². The number of hydrogen-bond acceptors (Lipinski definition) is 12. The van der Waals surface area contributed by atoms with E-state index in [1.54, 1.807) is 48.5 Å². The summed E-state index contributed by atoms with van der Waals surface area (Å²) in [6, 6.07) is 48.6. The molecule has 360 valence electrons. The van der Waals surface area contributed by atoms with Gasteiger partial charge in [-0.1, -0.05) is 72.8 Å². The van der Waals surface area contributed by atoms with Crippen LogP contribution in [0.4, 0.5) is 22.7 Å². The second kappa shape index (κ2) is 21.5. The molecule has 0 fully saturated rings. The van der Waals surface area contributed by atoms with E-state index >= 15 is 0 Å². The lowest BCUT2D eigenvalue weighted by Gasteiger charge is -2.23. The molecule has 8 aromatic rings. The largest absolute Gasteiger partial charge is 0.488 e. The maximum Gasteiger partial charge on any atom is 0.269 e. The molecule has 0 aromatic heterocycles. The van der Waals surface area contributed by atoms with Gasteiger partial charge in [-0.15, -0.1) is 0 Å². The van der Waals surface area contributed by atoms with Gasteiger partial charge in [0.2, 0.25) is 0 Å². The fraction of sp³-hybridized carbons (Fsp3) is 0.143. The molecule has 0 unspecified atom stereocenters. The monoisotopic (exact) mass is 964 g/mol. The van der Waals surface area contributed by atoms with Crippen molar-refractivity contribution in [3.05, 3.63) is 277 Å². The molecule has 0 atom stereocenters. The van der Waals surface area contributed by atoms with E-state index in [-0.39, 0.29) is 49.2 Å². The van der Waals surface area contributed by atoms with E-state index in [0.717, 1.165) is 66.8 Å². The van der Waals surface area contributed by atoms with Gasteiger partial charge in [-0.05, 0) is 115 Å². The topological polar surface area (TPSA) is 209 Å². The highest BCUT2D eigenvalue weighted by atomic mass is 16.6. The third-order valence-corrected chi connectivity index (χ3v) is 12.4. The normalized spacial score (nSPS) is 11.8. The molecule has 0 spiro atoms. The number of benzene rings is 8. The van der Waals surface area contributed by atoms with Crippen molar-refractivity contribution in [2.24, 2.45) is 0 Å². The quantitative estimate of drug-likeness (QED) is 0.0654. The summed E-state index contributed by atoms with van der Waals surface area (Å²) in [6.45, 7) is 0.414. The Morgan fingerprint density at radius 3 is 0.597 bits per heavy atom. The molecular weight excluding hydrogens is 921 g/mol. The molecule has 0 radical (unpaired) electrons. The molecular formula is C56H44N4O12. The minimum Gasteiger partial charge on any atom is -0.488 e. The molecule has 1 aliphatic carbocycles. The van der Waals surface area contributed by atoms with Crippen LogP contribution in [0.25, 0.3) is 0 Å². The smallest absolute Gasteiger partial charge is 0.269 e. The number of nitrogens with zero attached hydrogens (tertiary/aromatic N) is 4. The van der Waals surface area contributed by atoms with Crippen molar-refractivity contribution in [1.29, 1.82) is 0 Å². The van der Waals surface area contributed by atoms with Gasteiger partial charge < -0.3 is 18.9 Å². The third-order valence-electron chi connectivity index (χ3n) is 12.4. The fourth-order valence-electron chi connectivity index (χ4n) is 8.71. The summed E-state index contributed by atoms with van der Waals surface area (Å²) in [6.07, 6.45) is 1.39. The number of ether oxygens (including phenoxy) is 4. The van der Waals surface area contributed by atoms with Gasteiger partial charge in [-0.3, -0.25) is 40.5 Å². The Morgan fingerprint density at radius 1 is 0.278 bits per heavy atom. The van der Waals surface area contributed by atoms with Crippen molar-refractivity contribution in [3.63, 3.8) is 0 Å². The van der Waals surface area contributed by atoms with Crippen LogP contribution in [0.15, 0.2) is 170 Å². The Morgan fingerprint density at radius 2 is 0.444 bits per heavy atom. The highest BCUT2D eigenvalue weighted by molar-refractivity contribution is 5.56. The second-order valence-corrected chi connectivity index (χ2v) is 17.2. The van der Waals surface area contributed by atoms with E-state index < -0.39 is 19.7 Å². The van der Waals surface area contributed by atoms with Crippen molar-refractivity contribution < 1.29 is 38.6 Å².